The largest absolute Gasteiger partial charge is 0.376 e. The van der Waals surface area contributed by atoms with Crippen LogP contribution in [0.3, 0.4) is 0 Å². The number of hydrogen-bond acceptors (Lipinski definition) is 2. The fraction of sp³-hybridized carbons (Fsp3) is 0.308. The molecule has 3 nitrogen and oxygen atoms in total. The van der Waals surface area contributed by atoms with Crippen molar-refractivity contribution in [3.05, 3.63) is 48.3 Å². The number of carbonyl (C=O) groups is 1. The van der Waals surface area contributed by atoms with E-state index in [9.17, 15) is 9.18 Å². The molecule has 0 radical (unpaired) electrons. The van der Waals surface area contributed by atoms with Crippen molar-refractivity contribution in [2.75, 3.05) is 13.2 Å². The number of carbonyl (C=O) groups excluding carboxylic acids is 1. The summed E-state index contributed by atoms with van der Waals surface area (Å²) in [6, 6.07) is 9.72. The maximum Gasteiger partial charge on any atom is 0.279 e. The highest BCUT2D eigenvalue weighted by Gasteiger charge is 2.40. The molecule has 0 spiro atoms. The molecule has 4 heteroatoms. The van der Waals surface area contributed by atoms with Gasteiger partial charge < -0.3 is 10.1 Å². The monoisotopic (exact) mass is 235 g/mol. The molecule has 0 saturated carbocycles. The fourth-order valence-electron chi connectivity index (χ4n) is 1.86. The van der Waals surface area contributed by atoms with Crippen LogP contribution in [-0.4, -0.2) is 24.7 Å². The third-order valence-corrected chi connectivity index (χ3v) is 2.77. The molecule has 1 saturated heterocycles. The van der Waals surface area contributed by atoms with Crippen molar-refractivity contribution in [1.29, 1.82) is 0 Å². The van der Waals surface area contributed by atoms with E-state index in [0.29, 0.717) is 19.6 Å². The second-order valence-electron chi connectivity index (χ2n) is 4.29. The third kappa shape index (κ3) is 2.71. The molecule has 17 heavy (non-hydrogen) atoms. The minimum atomic E-state index is -0.968. The molecule has 1 aliphatic rings. The van der Waals surface area contributed by atoms with E-state index < -0.39 is 17.3 Å². The summed E-state index contributed by atoms with van der Waals surface area (Å²) in [5.74, 6) is -1.73. The zero-order valence-corrected chi connectivity index (χ0v) is 9.41. The van der Waals surface area contributed by atoms with Gasteiger partial charge in [-0.05, 0) is 5.56 Å². The van der Waals surface area contributed by atoms with Crippen LogP contribution in [-0.2, 0) is 16.0 Å². The zero-order valence-electron chi connectivity index (χ0n) is 9.41. The molecule has 2 rings (SSSR count). The Balaban J connectivity index is 2.05. The summed E-state index contributed by atoms with van der Waals surface area (Å²) in [6.45, 7) is 3.79. The van der Waals surface area contributed by atoms with E-state index in [1.54, 1.807) is 0 Å². The maximum absolute atomic E-state index is 12.7. The van der Waals surface area contributed by atoms with Crippen molar-refractivity contribution >= 4 is 5.91 Å². The number of amides is 1. The van der Waals surface area contributed by atoms with E-state index >= 15 is 0 Å². The van der Waals surface area contributed by atoms with Crippen LogP contribution < -0.4 is 5.32 Å². The van der Waals surface area contributed by atoms with Crippen molar-refractivity contribution < 1.29 is 13.9 Å². The molecule has 1 aliphatic heterocycles. The smallest absolute Gasteiger partial charge is 0.279 e. The highest BCUT2D eigenvalue weighted by atomic mass is 19.1. The Kier molecular flexibility index (Phi) is 3.24. The Morgan fingerprint density at radius 3 is 2.53 bits per heavy atom. The van der Waals surface area contributed by atoms with E-state index in [0.717, 1.165) is 5.56 Å². The second kappa shape index (κ2) is 4.67. The molecule has 1 aromatic carbocycles. The standard InChI is InChI=1S/C13H14FNO2/c1-10(14)12(16)15-13(8-17-9-13)7-11-5-3-2-4-6-11/h2-6H,1,7-9H2,(H,15,16). The molecule has 0 atom stereocenters. The van der Waals surface area contributed by atoms with Crippen LogP contribution in [0.2, 0.25) is 0 Å². The van der Waals surface area contributed by atoms with Crippen molar-refractivity contribution in [3.63, 3.8) is 0 Å². The van der Waals surface area contributed by atoms with Crippen LogP contribution in [0.4, 0.5) is 4.39 Å². The van der Waals surface area contributed by atoms with Gasteiger partial charge in [-0.2, -0.15) is 0 Å². The van der Waals surface area contributed by atoms with Gasteiger partial charge in [0.05, 0.1) is 18.8 Å². The molecule has 1 fully saturated rings. The van der Waals surface area contributed by atoms with Gasteiger partial charge in [-0.3, -0.25) is 4.79 Å². The second-order valence-corrected chi connectivity index (χ2v) is 4.29. The molecule has 0 bridgehead atoms. The molecular formula is C13H14FNO2. The molecule has 1 heterocycles. The minimum absolute atomic E-state index is 0.404. The number of rotatable bonds is 4. The summed E-state index contributed by atoms with van der Waals surface area (Å²) in [5.41, 5.74) is 0.591. The summed E-state index contributed by atoms with van der Waals surface area (Å²) in [4.78, 5) is 11.3. The van der Waals surface area contributed by atoms with Gasteiger partial charge in [0.2, 0.25) is 0 Å². The van der Waals surface area contributed by atoms with Crippen molar-refractivity contribution in [3.8, 4) is 0 Å². The van der Waals surface area contributed by atoms with Gasteiger partial charge in [0.1, 0.15) is 0 Å². The van der Waals surface area contributed by atoms with Gasteiger partial charge in [-0.25, -0.2) is 4.39 Å². The van der Waals surface area contributed by atoms with Crippen LogP contribution in [0.5, 0.6) is 0 Å². The first-order chi connectivity index (χ1) is 8.11. The van der Waals surface area contributed by atoms with E-state index in [1.807, 2.05) is 30.3 Å². The predicted molar refractivity (Wildman–Crippen MR) is 62.1 cm³/mol. The maximum atomic E-state index is 12.7. The lowest BCUT2D eigenvalue weighted by Gasteiger charge is -2.42. The topological polar surface area (TPSA) is 38.3 Å². The summed E-state index contributed by atoms with van der Waals surface area (Å²) in [7, 11) is 0. The molecule has 0 aliphatic carbocycles. The molecule has 90 valence electrons. The Morgan fingerprint density at radius 2 is 2.06 bits per heavy atom. The quantitative estimate of drug-likeness (QED) is 0.805. The van der Waals surface area contributed by atoms with Gasteiger partial charge in [-0.1, -0.05) is 36.9 Å². The normalized spacial score (nSPS) is 17.0. The zero-order chi connectivity index (χ0) is 12.3. The minimum Gasteiger partial charge on any atom is -0.376 e. The Hall–Kier alpha value is -1.68. The van der Waals surface area contributed by atoms with Crippen LogP contribution in [0.1, 0.15) is 5.56 Å². The third-order valence-electron chi connectivity index (χ3n) is 2.77. The van der Waals surface area contributed by atoms with Crippen molar-refractivity contribution in [2.45, 2.75) is 12.0 Å². The Labute approximate surface area is 99.3 Å². The van der Waals surface area contributed by atoms with Crippen LogP contribution >= 0.6 is 0 Å². The summed E-state index contributed by atoms with van der Waals surface area (Å²) in [6.07, 6.45) is 0.632. The van der Waals surface area contributed by atoms with Gasteiger partial charge in [0.25, 0.3) is 5.91 Å². The van der Waals surface area contributed by atoms with Crippen LogP contribution in [0.15, 0.2) is 42.7 Å². The van der Waals surface area contributed by atoms with E-state index in [1.165, 1.54) is 0 Å². The van der Waals surface area contributed by atoms with E-state index in [2.05, 4.69) is 11.9 Å². The van der Waals surface area contributed by atoms with Gasteiger partial charge in [-0.15, -0.1) is 0 Å². The highest BCUT2D eigenvalue weighted by molar-refractivity contribution is 5.91. The van der Waals surface area contributed by atoms with Crippen LogP contribution in [0.25, 0.3) is 0 Å². The summed E-state index contributed by atoms with van der Waals surface area (Å²) < 4.78 is 17.8. The summed E-state index contributed by atoms with van der Waals surface area (Å²) >= 11 is 0. The first-order valence-electron chi connectivity index (χ1n) is 5.40. The molecule has 0 aromatic heterocycles. The number of hydrogen-bond donors (Lipinski definition) is 1. The van der Waals surface area contributed by atoms with E-state index in [-0.39, 0.29) is 0 Å². The average molecular weight is 235 g/mol. The molecule has 1 amide bonds. The van der Waals surface area contributed by atoms with Gasteiger partial charge in [0.15, 0.2) is 5.83 Å². The number of benzene rings is 1. The molecule has 0 unspecified atom stereocenters. The lowest BCUT2D eigenvalue weighted by Crippen LogP contribution is -2.63. The lowest BCUT2D eigenvalue weighted by molar-refractivity contribution is -0.130. The first kappa shape index (κ1) is 11.8. The predicted octanol–water partition coefficient (Wildman–Crippen LogP) is 1.60. The summed E-state index contributed by atoms with van der Waals surface area (Å²) in [5, 5.41) is 2.64. The fourth-order valence-corrected chi connectivity index (χ4v) is 1.86. The highest BCUT2D eigenvalue weighted by Crippen LogP contribution is 2.22. The molecule has 1 N–H and O–H groups in total. The Bertz CT molecular complexity index is 426. The average Bonchev–Trinajstić information content (AvgIpc) is 2.27. The number of nitrogens with one attached hydrogen (secondary N) is 1. The lowest BCUT2D eigenvalue weighted by atomic mass is 9.89. The van der Waals surface area contributed by atoms with Gasteiger partial charge >= 0.3 is 0 Å². The van der Waals surface area contributed by atoms with Crippen molar-refractivity contribution in [1.82, 2.24) is 5.32 Å². The van der Waals surface area contributed by atoms with Crippen LogP contribution in [0, 0.1) is 0 Å². The van der Waals surface area contributed by atoms with Crippen molar-refractivity contribution in [2.24, 2.45) is 0 Å². The van der Waals surface area contributed by atoms with Gasteiger partial charge in [0, 0.05) is 6.42 Å². The SMILES string of the molecule is C=C(F)C(=O)NC1(Cc2ccccc2)COC1. The molecule has 1 aromatic rings. The first-order valence-corrected chi connectivity index (χ1v) is 5.40. The van der Waals surface area contributed by atoms with E-state index in [4.69, 9.17) is 4.74 Å². The number of ether oxygens (including phenoxy) is 1. The Morgan fingerprint density at radius 1 is 1.41 bits per heavy atom. The molecular weight excluding hydrogens is 221 g/mol. The number of halogens is 1.